The second-order valence-corrected chi connectivity index (χ2v) is 13.7. The molecule has 0 aliphatic heterocycles. The molecule has 1 aliphatic carbocycles. The molecule has 1 aromatic heterocycles. The number of ketones is 4. The maximum absolute atomic E-state index is 13.9. The van der Waals surface area contributed by atoms with Crippen LogP contribution in [0.5, 0.6) is 0 Å². The summed E-state index contributed by atoms with van der Waals surface area (Å²) >= 11 is 0. The van der Waals surface area contributed by atoms with E-state index in [2.05, 4.69) is 15.6 Å². The topological polar surface area (TPSA) is 156 Å². The fraction of sp³-hybridized carbons (Fsp3) is 0.525. The van der Waals surface area contributed by atoms with Gasteiger partial charge < -0.3 is 19.5 Å². The number of fused-ring (bicyclic) bond motifs is 5. The predicted octanol–water partition coefficient (Wildman–Crippen LogP) is 6.08. The summed E-state index contributed by atoms with van der Waals surface area (Å²) in [6.45, 7) is 8.82. The van der Waals surface area contributed by atoms with Gasteiger partial charge in [-0.3, -0.25) is 19.2 Å². The van der Waals surface area contributed by atoms with E-state index in [1.54, 1.807) is 18.5 Å². The summed E-state index contributed by atoms with van der Waals surface area (Å²) in [5, 5.41) is 11.6. The standard InChI is InChI=1S/C40H52N4O8/c1-27(2)36(47)19-23-50-21-10-13-31(46)26-44-39-34-16-8-7-15-33(34)35(25-29-11-5-6-14-32(29)38(39)42-43-44)37(48)17-9-12-30(45)18-22-51-24-20-41-40(49)52-28(3)4/h5-8,11,14-16,27-28,35H,9-10,12-13,17-26H2,1-4H3,(H,41,49). The first-order chi connectivity index (χ1) is 25.0. The lowest BCUT2D eigenvalue weighted by Crippen LogP contribution is -2.30. The van der Waals surface area contributed by atoms with Gasteiger partial charge in [-0.2, -0.15) is 0 Å². The summed E-state index contributed by atoms with van der Waals surface area (Å²) in [4.78, 5) is 63.0. The van der Waals surface area contributed by atoms with Crippen molar-refractivity contribution in [1.82, 2.24) is 20.3 Å². The zero-order valence-corrected chi connectivity index (χ0v) is 30.9. The molecule has 1 atom stereocenters. The van der Waals surface area contributed by atoms with Gasteiger partial charge in [-0.15, -0.1) is 5.10 Å². The highest BCUT2D eigenvalue weighted by Crippen LogP contribution is 2.42. The zero-order valence-electron chi connectivity index (χ0n) is 30.9. The molecule has 1 aliphatic rings. The SMILES string of the molecule is CC(C)OC(=O)NCCOCCC(=O)CCCC(=O)C1Cc2ccccc2-c2nnn(CC(=O)CCCOCCC(=O)C(C)C)c2-c2ccccc21. The summed E-state index contributed by atoms with van der Waals surface area (Å²) in [6.07, 6.45) is 2.13. The maximum atomic E-state index is 13.9. The number of ether oxygens (including phenoxy) is 3. The van der Waals surface area contributed by atoms with Gasteiger partial charge in [0.2, 0.25) is 0 Å². The van der Waals surface area contributed by atoms with E-state index in [-0.39, 0.29) is 80.7 Å². The Morgan fingerprint density at radius 1 is 0.788 bits per heavy atom. The summed E-state index contributed by atoms with van der Waals surface area (Å²) in [6, 6.07) is 15.6. The van der Waals surface area contributed by atoms with E-state index in [9.17, 15) is 24.0 Å². The third-order valence-corrected chi connectivity index (χ3v) is 8.88. The Morgan fingerprint density at radius 2 is 1.48 bits per heavy atom. The van der Waals surface area contributed by atoms with E-state index in [1.165, 1.54) is 0 Å². The molecule has 0 radical (unpaired) electrons. The molecular weight excluding hydrogens is 664 g/mol. The molecule has 0 fully saturated rings. The van der Waals surface area contributed by atoms with Crippen molar-refractivity contribution in [1.29, 1.82) is 0 Å². The number of nitrogens with one attached hydrogen (secondary N) is 1. The van der Waals surface area contributed by atoms with Gasteiger partial charge in [-0.05, 0) is 44.2 Å². The van der Waals surface area contributed by atoms with E-state index in [0.29, 0.717) is 56.7 Å². The smallest absolute Gasteiger partial charge is 0.407 e. The third-order valence-electron chi connectivity index (χ3n) is 8.88. The number of benzene rings is 2. The number of nitrogens with zero attached hydrogens (tertiary/aromatic N) is 3. The van der Waals surface area contributed by atoms with E-state index < -0.39 is 12.0 Å². The van der Waals surface area contributed by atoms with Crippen LogP contribution in [0.4, 0.5) is 4.79 Å². The molecular formula is C40H52N4O8. The van der Waals surface area contributed by atoms with Crippen molar-refractivity contribution in [2.75, 3.05) is 33.0 Å². The highest BCUT2D eigenvalue weighted by atomic mass is 16.6. The van der Waals surface area contributed by atoms with Crippen molar-refractivity contribution >= 4 is 29.2 Å². The first kappa shape index (κ1) is 40.2. The second-order valence-electron chi connectivity index (χ2n) is 13.7. The average molecular weight is 717 g/mol. The number of alkyl carbamates (subject to hydrolysis) is 1. The summed E-state index contributed by atoms with van der Waals surface area (Å²) in [5.41, 5.74) is 4.84. The lowest BCUT2D eigenvalue weighted by molar-refractivity contribution is -0.123. The fourth-order valence-corrected chi connectivity index (χ4v) is 6.14. The Balaban J connectivity index is 1.37. The third kappa shape index (κ3) is 12.0. The molecule has 12 heteroatoms. The largest absolute Gasteiger partial charge is 0.447 e. The van der Waals surface area contributed by atoms with Crippen LogP contribution in [0.1, 0.15) is 89.7 Å². The van der Waals surface area contributed by atoms with Gasteiger partial charge in [-0.25, -0.2) is 9.48 Å². The number of carbonyl (C=O) groups is 5. The minimum absolute atomic E-state index is 0.0143. The Kier molecular flexibility index (Phi) is 15.8. The van der Waals surface area contributed by atoms with E-state index in [0.717, 1.165) is 22.3 Å². The Hall–Kier alpha value is -4.55. The number of carbonyl (C=O) groups excluding carboxylic acids is 5. The zero-order chi connectivity index (χ0) is 37.5. The van der Waals surface area contributed by atoms with Crippen molar-refractivity contribution in [3.8, 4) is 22.5 Å². The Morgan fingerprint density at radius 3 is 2.25 bits per heavy atom. The molecule has 3 aromatic rings. The second kappa shape index (κ2) is 20.5. The lowest BCUT2D eigenvalue weighted by Gasteiger charge is -2.24. The van der Waals surface area contributed by atoms with Gasteiger partial charge in [-0.1, -0.05) is 67.6 Å². The maximum Gasteiger partial charge on any atom is 0.407 e. The van der Waals surface area contributed by atoms with Gasteiger partial charge >= 0.3 is 6.09 Å². The summed E-state index contributed by atoms with van der Waals surface area (Å²) < 4.78 is 17.7. The van der Waals surface area contributed by atoms with Crippen LogP contribution in [0.2, 0.25) is 0 Å². The monoisotopic (exact) mass is 716 g/mol. The van der Waals surface area contributed by atoms with Crippen LogP contribution < -0.4 is 5.32 Å². The van der Waals surface area contributed by atoms with E-state index in [1.807, 2.05) is 62.4 Å². The van der Waals surface area contributed by atoms with Crippen LogP contribution in [0.3, 0.4) is 0 Å². The normalized spacial score (nSPS) is 13.5. The van der Waals surface area contributed by atoms with E-state index in [4.69, 9.17) is 14.2 Å². The molecule has 1 unspecified atom stereocenters. The Bertz CT molecular complexity index is 1680. The molecule has 1 amide bonds. The highest BCUT2D eigenvalue weighted by Gasteiger charge is 2.31. The first-order valence-electron chi connectivity index (χ1n) is 18.3. The first-order valence-corrected chi connectivity index (χ1v) is 18.3. The van der Waals surface area contributed by atoms with Crippen LogP contribution in [0, 0.1) is 5.92 Å². The predicted molar refractivity (Wildman–Crippen MR) is 196 cm³/mol. The van der Waals surface area contributed by atoms with Gasteiger partial charge in [0, 0.05) is 68.2 Å². The minimum atomic E-state index is -0.505. The number of Topliss-reactive ketones (excluding diaryl/α,β-unsaturated/α-hetero) is 4. The lowest BCUT2D eigenvalue weighted by atomic mass is 9.79. The number of rotatable bonds is 22. The number of amides is 1. The van der Waals surface area contributed by atoms with Crippen LogP contribution in [-0.4, -0.2) is 83.3 Å². The van der Waals surface area contributed by atoms with Crippen molar-refractivity contribution < 1.29 is 38.2 Å². The van der Waals surface area contributed by atoms with Crippen molar-refractivity contribution in [3.63, 3.8) is 0 Å². The van der Waals surface area contributed by atoms with Gasteiger partial charge in [0.25, 0.3) is 0 Å². The molecule has 1 N–H and O–H groups in total. The fourth-order valence-electron chi connectivity index (χ4n) is 6.14. The van der Waals surface area contributed by atoms with Gasteiger partial charge in [0.05, 0.1) is 31.6 Å². The quantitative estimate of drug-likeness (QED) is 0.121. The van der Waals surface area contributed by atoms with Crippen molar-refractivity contribution in [3.05, 3.63) is 59.7 Å². The van der Waals surface area contributed by atoms with Crippen molar-refractivity contribution in [2.24, 2.45) is 5.92 Å². The van der Waals surface area contributed by atoms with Crippen LogP contribution >= 0.6 is 0 Å². The summed E-state index contributed by atoms with van der Waals surface area (Å²) in [5.74, 6) is -0.285. The summed E-state index contributed by atoms with van der Waals surface area (Å²) in [7, 11) is 0. The highest BCUT2D eigenvalue weighted by molar-refractivity contribution is 5.92. The molecule has 12 nitrogen and oxygen atoms in total. The molecule has 0 spiro atoms. The van der Waals surface area contributed by atoms with Gasteiger partial charge in [0.1, 0.15) is 29.6 Å². The number of aromatic nitrogens is 3. The Labute approximate surface area is 306 Å². The molecule has 2 aromatic carbocycles. The minimum Gasteiger partial charge on any atom is -0.447 e. The van der Waals surface area contributed by atoms with Gasteiger partial charge in [0.15, 0.2) is 5.78 Å². The molecule has 1 heterocycles. The number of hydrogen-bond donors (Lipinski definition) is 1. The average Bonchev–Trinajstić information content (AvgIpc) is 3.51. The molecule has 280 valence electrons. The molecule has 52 heavy (non-hydrogen) atoms. The van der Waals surface area contributed by atoms with Crippen LogP contribution in [0.25, 0.3) is 22.5 Å². The molecule has 0 bridgehead atoms. The molecule has 0 saturated carbocycles. The molecule has 0 saturated heterocycles. The van der Waals surface area contributed by atoms with Crippen LogP contribution in [0.15, 0.2) is 48.5 Å². The van der Waals surface area contributed by atoms with Crippen LogP contribution in [-0.2, 0) is 46.4 Å². The molecule has 4 rings (SSSR count). The number of hydrogen-bond acceptors (Lipinski definition) is 10. The van der Waals surface area contributed by atoms with Crippen molar-refractivity contribution in [2.45, 2.75) is 97.6 Å². The van der Waals surface area contributed by atoms with E-state index >= 15 is 0 Å².